The van der Waals surface area contributed by atoms with E-state index < -0.39 is 0 Å². The minimum Gasteiger partial charge on any atom is -0.508 e. The van der Waals surface area contributed by atoms with Gasteiger partial charge in [-0.1, -0.05) is 23.7 Å². The van der Waals surface area contributed by atoms with Crippen LogP contribution >= 0.6 is 11.6 Å². The average molecular weight is 439 g/mol. The minimum absolute atomic E-state index is 0.0721. The van der Waals surface area contributed by atoms with E-state index >= 15 is 0 Å². The molecule has 2 heterocycles. The number of nitrogens with one attached hydrogen (secondary N) is 2. The summed E-state index contributed by atoms with van der Waals surface area (Å²) < 4.78 is 0. The van der Waals surface area contributed by atoms with Crippen LogP contribution in [0.2, 0.25) is 5.02 Å². The molecular weight excluding hydrogens is 408 g/mol. The zero-order valence-corrected chi connectivity index (χ0v) is 19.2. The molecular formula is C25H31ClN4O. The predicted molar refractivity (Wildman–Crippen MR) is 129 cm³/mol. The fourth-order valence-corrected chi connectivity index (χ4v) is 4.52. The molecule has 1 saturated heterocycles. The van der Waals surface area contributed by atoms with Crippen LogP contribution in [0, 0.1) is 0 Å². The van der Waals surface area contributed by atoms with E-state index in [0.717, 1.165) is 47.5 Å². The van der Waals surface area contributed by atoms with Crippen molar-refractivity contribution in [1.29, 1.82) is 0 Å². The zero-order valence-electron chi connectivity index (χ0n) is 18.4. The highest BCUT2D eigenvalue weighted by molar-refractivity contribution is 6.30. The number of hydrogen-bond donors (Lipinski definition) is 3. The van der Waals surface area contributed by atoms with Crippen molar-refractivity contribution >= 4 is 28.2 Å². The van der Waals surface area contributed by atoms with Gasteiger partial charge < -0.3 is 15.3 Å². The molecule has 5 nitrogen and oxygen atoms in total. The molecule has 1 fully saturated rings. The Labute approximate surface area is 189 Å². The van der Waals surface area contributed by atoms with Crippen molar-refractivity contribution in [2.45, 2.75) is 57.9 Å². The molecule has 0 radical (unpaired) electrons. The van der Waals surface area contributed by atoms with Crippen molar-refractivity contribution in [2.75, 3.05) is 11.4 Å². The van der Waals surface area contributed by atoms with Crippen LogP contribution in [0.4, 0.5) is 5.69 Å². The first-order valence-corrected chi connectivity index (χ1v) is 11.3. The van der Waals surface area contributed by atoms with Crippen LogP contribution in [0.1, 0.15) is 39.2 Å². The Morgan fingerprint density at radius 3 is 2.65 bits per heavy atom. The number of phenolic OH excluding ortho intramolecular Hbond substituents is 1. The molecule has 0 spiro atoms. The maximum atomic E-state index is 10.1. The summed E-state index contributed by atoms with van der Waals surface area (Å²) in [5, 5.41) is 19.3. The second-order valence-electron chi connectivity index (χ2n) is 9.36. The summed E-state index contributed by atoms with van der Waals surface area (Å²) in [7, 11) is 0. The Hall–Kier alpha value is -2.34. The van der Waals surface area contributed by atoms with E-state index in [1.165, 1.54) is 5.56 Å². The van der Waals surface area contributed by atoms with Crippen molar-refractivity contribution in [3.8, 4) is 5.75 Å². The lowest BCUT2D eigenvalue weighted by Crippen LogP contribution is -2.57. The van der Waals surface area contributed by atoms with Gasteiger partial charge in [-0.15, -0.1) is 0 Å². The van der Waals surface area contributed by atoms with Crippen LogP contribution in [-0.2, 0) is 6.54 Å². The molecule has 1 aliphatic rings. The standard InChI is InChI=1S/C25H31ClN4O/c1-25(2,3)29-19-11-13-30(23-10-12-27-22-9-8-20(31)15-21(22)23)24(14-19)28-16-17-4-6-18(26)7-5-17/h4-10,12,15,19,24,28-29,31H,11,13-14,16H2,1-3H3. The summed E-state index contributed by atoms with van der Waals surface area (Å²) in [6.45, 7) is 8.33. The number of pyridine rings is 1. The van der Waals surface area contributed by atoms with Crippen molar-refractivity contribution < 1.29 is 5.11 Å². The van der Waals surface area contributed by atoms with Crippen LogP contribution in [0.5, 0.6) is 5.75 Å². The van der Waals surface area contributed by atoms with Gasteiger partial charge in [0.15, 0.2) is 0 Å². The molecule has 0 aliphatic carbocycles. The number of rotatable bonds is 5. The van der Waals surface area contributed by atoms with Gasteiger partial charge in [0.25, 0.3) is 0 Å². The predicted octanol–water partition coefficient (Wildman–Crippen LogP) is 5.07. The van der Waals surface area contributed by atoms with Gasteiger partial charge in [0, 0.05) is 47.0 Å². The van der Waals surface area contributed by atoms with Crippen LogP contribution in [-0.4, -0.2) is 34.4 Å². The quantitative estimate of drug-likeness (QED) is 0.519. The van der Waals surface area contributed by atoms with Gasteiger partial charge in [0.2, 0.25) is 0 Å². The van der Waals surface area contributed by atoms with Gasteiger partial charge in [0.05, 0.1) is 11.7 Å². The number of anilines is 1. The largest absolute Gasteiger partial charge is 0.508 e. The number of nitrogens with zero attached hydrogens (tertiary/aromatic N) is 2. The van der Waals surface area contributed by atoms with Crippen molar-refractivity contribution in [3.63, 3.8) is 0 Å². The third-order valence-electron chi connectivity index (χ3n) is 5.71. The van der Waals surface area contributed by atoms with E-state index in [-0.39, 0.29) is 17.5 Å². The number of aromatic nitrogens is 1. The maximum absolute atomic E-state index is 10.1. The molecule has 4 rings (SSSR count). The molecule has 1 aliphatic heterocycles. The molecule has 1 aromatic heterocycles. The molecule has 3 N–H and O–H groups in total. The van der Waals surface area contributed by atoms with Gasteiger partial charge in [-0.25, -0.2) is 0 Å². The highest BCUT2D eigenvalue weighted by atomic mass is 35.5. The van der Waals surface area contributed by atoms with Crippen LogP contribution in [0.3, 0.4) is 0 Å². The first-order valence-electron chi connectivity index (χ1n) is 10.9. The smallest absolute Gasteiger partial charge is 0.116 e. The van der Waals surface area contributed by atoms with Crippen LogP contribution in [0.25, 0.3) is 10.9 Å². The number of phenols is 1. The topological polar surface area (TPSA) is 60.4 Å². The fourth-order valence-electron chi connectivity index (χ4n) is 4.40. The Balaban J connectivity index is 1.61. The molecule has 0 amide bonds. The summed E-state index contributed by atoms with van der Waals surface area (Å²) in [6, 6.07) is 15.8. The Morgan fingerprint density at radius 1 is 1.13 bits per heavy atom. The lowest BCUT2D eigenvalue weighted by molar-refractivity contribution is 0.269. The third kappa shape index (κ3) is 5.48. The van der Waals surface area contributed by atoms with Gasteiger partial charge in [0.1, 0.15) is 5.75 Å². The van der Waals surface area contributed by atoms with Gasteiger partial charge in [-0.3, -0.25) is 10.3 Å². The summed E-state index contributed by atoms with van der Waals surface area (Å²) in [6.07, 6.45) is 4.04. The number of piperidine rings is 1. The number of fused-ring (bicyclic) bond motifs is 1. The second-order valence-corrected chi connectivity index (χ2v) is 9.80. The summed E-state index contributed by atoms with van der Waals surface area (Å²) >= 11 is 6.05. The molecule has 2 aromatic carbocycles. The first kappa shape index (κ1) is 21.9. The van der Waals surface area contributed by atoms with Crippen molar-refractivity contribution in [2.24, 2.45) is 0 Å². The van der Waals surface area contributed by atoms with Gasteiger partial charge in [-0.05, 0) is 75.6 Å². The van der Waals surface area contributed by atoms with Gasteiger partial charge in [-0.2, -0.15) is 0 Å². The number of halogens is 1. The molecule has 0 bridgehead atoms. The normalized spacial score (nSPS) is 19.7. The lowest BCUT2D eigenvalue weighted by Gasteiger charge is -2.43. The number of hydrogen-bond acceptors (Lipinski definition) is 5. The molecule has 0 saturated carbocycles. The monoisotopic (exact) mass is 438 g/mol. The van der Waals surface area contributed by atoms with E-state index in [1.807, 2.05) is 30.5 Å². The van der Waals surface area contributed by atoms with Crippen molar-refractivity contribution in [3.05, 3.63) is 65.3 Å². The number of benzene rings is 2. The minimum atomic E-state index is 0.0721. The molecule has 164 valence electrons. The summed E-state index contributed by atoms with van der Waals surface area (Å²) in [5.41, 5.74) is 3.26. The second kappa shape index (κ2) is 9.03. The van der Waals surface area contributed by atoms with E-state index in [1.54, 1.807) is 6.07 Å². The Morgan fingerprint density at radius 2 is 1.90 bits per heavy atom. The summed E-state index contributed by atoms with van der Waals surface area (Å²) in [4.78, 5) is 6.90. The Bertz CT molecular complexity index is 1030. The SMILES string of the molecule is CC(C)(C)NC1CCN(c2ccnc3ccc(O)cc23)C(NCc2ccc(Cl)cc2)C1. The molecule has 31 heavy (non-hydrogen) atoms. The first-order chi connectivity index (χ1) is 14.8. The molecule has 2 atom stereocenters. The summed E-state index contributed by atoms with van der Waals surface area (Å²) in [5.74, 6) is 0.261. The number of aromatic hydroxyl groups is 1. The highest BCUT2D eigenvalue weighted by Gasteiger charge is 2.31. The molecule has 6 heteroatoms. The van der Waals surface area contributed by atoms with Crippen molar-refractivity contribution in [1.82, 2.24) is 15.6 Å². The van der Waals surface area contributed by atoms with E-state index in [4.69, 9.17) is 11.6 Å². The molecule has 2 unspecified atom stereocenters. The van der Waals surface area contributed by atoms with Crippen LogP contribution < -0.4 is 15.5 Å². The van der Waals surface area contributed by atoms with E-state index in [0.29, 0.717) is 6.04 Å². The average Bonchev–Trinajstić information content (AvgIpc) is 2.72. The highest BCUT2D eigenvalue weighted by Crippen LogP contribution is 2.32. The van der Waals surface area contributed by atoms with Gasteiger partial charge >= 0.3 is 0 Å². The third-order valence-corrected chi connectivity index (χ3v) is 5.96. The molecule has 3 aromatic rings. The maximum Gasteiger partial charge on any atom is 0.116 e. The van der Waals surface area contributed by atoms with Crippen LogP contribution in [0.15, 0.2) is 54.7 Å². The lowest BCUT2D eigenvalue weighted by atomic mass is 9.96. The van der Waals surface area contributed by atoms with E-state index in [9.17, 15) is 5.11 Å². The zero-order chi connectivity index (χ0) is 22.0. The Kier molecular flexibility index (Phi) is 6.37. The van der Waals surface area contributed by atoms with E-state index in [2.05, 4.69) is 59.5 Å². The fraction of sp³-hybridized carbons (Fsp3) is 0.400.